The van der Waals surface area contributed by atoms with E-state index in [4.69, 9.17) is 5.73 Å². The van der Waals surface area contributed by atoms with Gasteiger partial charge in [0.1, 0.15) is 9.71 Å². The monoisotopic (exact) mass is 317 g/mol. The second kappa shape index (κ2) is 5.88. The molecule has 0 atom stereocenters. The molecule has 118 valence electrons. The molecule has 22 heavy (non-hydrogen) atoms. The minimum atomic E-state index is 0.0681. The van der Waals surface area contributed by atoms with Gasteiger partial charge in [-0.25, -0.2) is 4.98 Å². The number of hydrogen-bond acceptors (Lipinski definition) is 4. The first-order valence-corrected chi connectivity index (χ1v) is 8.77. The van der Waals surface area contributed by atoms with E-state index in [-0.39, 0.29) is 5.91 Å². The number of hydrogen-bond donors (Lipinski definition) is 1. The molecule has 3 heterocycles. The number of likely N-dealkylation sites (tertiary alicyclic amines) is 1. The van der Waals surface area contributed by atoms with Crippen LogP contribution in [0, 0.1) is 5.92 Å². The summed E-state index contributed by atoms with van der Waals surface area (Å²) in [5.74, 6) is 1.15. The zero-order chi connectivity index (χ0) is 15.9. The fourth-order valence-electron chi connectivity index (χ4n) is 2.85. The summed E-state index contributed by atoms with van der Waals surface area (Å²) in [5, 5.41) is 0.906. The van der Waals surface area contributed by atoms with Gasteiger partial charge in [-0.15, -0.1) is 11.3 Å². The number of pyridine rings is 1. The standard InChI is InChI=1S/C17H23N3OS/c1-10(2)13-5-4-12-14(18)15(22-16(12)19-13)17(21)20-8-6-11(3)7-9-20/h4-5,10-11H,6-9,18H2,1-3H3. The Morgan fingerprint density at radius 2 is 2.05 bits per heavy atom. The van der Waals surface area contributed by atoms with Crippen LogP contribution in [0.25, 0.3) is 10.2 Å². The summed E-state index contributed by atoms with van der Waals surface area (Å²) in [4.78, 5) is 20.9. The number of piperidine rings is 1. The molecule has 3 rings (SSSR count). The van der Waals surface area contributed by atoms with E-state index in [1.807, 2.05) is 17.0 Å². The third kappa shape index (κ3) is 2.70. The summed E-state index contributed by atoms with van der Waals surface area (Å²) in [5.41, 5.74) is 7.85. The maximum absolute atomic E-state index is 12.7. The second-order valence-electron chi connectivity index (χ2n) is 6.56. The topological polar surface area (TPSA) is 59.2 Å². The van der Waals surface area contributed by atoms with Gasteiger partial charge in [0, 0.05) is 24.2 Å². The number of rotatable bonds is 2. The van der Waals surface area contributed by atoms with Crippen molar-refractivity contribution in [2.24, 2.45) is 5.92 Å². The number of fused-ring (bicyclic) bond motifs is 1. The van der Waals surface area contributed by atoms with Crippen molar-refractivity contribution in [2.45, 2.75) is 39.5 Å². The highest BCUT2D eigenvalue weighted by atomic mass is 32.1. The smallest absolute Gasteiger partial charge is 0.266 e. The molecule has 0 saturated carbocycles. The summed E-state index contributed by atoms with van der Waals surface area (Å²) < 4.78 is 0. The third-order valence-electron chi connectivity index (χ3n) is 4.47. The molecular formula is C17H23N3OS. The van der Waals surface area contributed by atoms with Gasteiger partial charge in [-0.3, -0.25) is 4.79 Å². The van der Waals surface area contributed by atoms with Crippen LogP contribution in [0.2, 0.25) is 0 Å². The van der Waals surface area contributed by atoms with Gasteiger partial charge in [-0.1, -0.05) is 20.8 Å². The van der Waals surface area contributed by atoms with E-state index in [1.165, 1.54) is 11.3 Å². The lowest BCUT2D eigenvalue weighted by molar-refractivity contribution is 0.0703. The van der Waals surface area contributed by atoms with Crippen molar-refractivity contribution in [1.29, 1.82) is 0 Å². The molecule has 2 aromatic heterocycles. The first-order valence-electron chi connectivity index (χ1n) is 7.95. The summed E-state index contributed by atoms with van der Waals surface area (Å²) in [6.07, 6.45) is 2.15. The molecule has 1 fully saturated rings. The Balaban J connectivity index is 1.93. The molecule has 0 aliphatic carbocycles. The predicted octanol–water partition coefficient (Wildman–Crippen LogP) is 3.87. The number of aromatic nitrogens is 1. The Morgan fingerprint density at radius 1 is 1.36 bits per heavy atom. The van der Waals surface area contributed by atoms with Gasteiger partial charge >= 0.3 is 0 Å². The number of thiophene rings is 1. The number of carbonyl (C=O) groups excluding carboxylic acids is 1. The molecule has 4 nitrogen and oxygen atoms in total. The van der Waals surface area contributed by atoms with Crippen LogP contribution in [0.3, 0.4) is 0 Å². The Bertz CT molecular complexity index is 699. The van der Waals surface area contributed by atoms with E-state index < -0.39 is 0 Å². The Kier molecular flexibility index (Phi) is 4.08. The van der Waals surface area contributed by atoms with Crippen molar-refractivity contribution < 1.29 is 4.79 Å². The number of nitrogens with zero attached hydrogens (tertiary/aromatic N) is 2. The largest absolute Gasteiger partial charge is 0.397 e. The molecule has 1 aliphatic rings. The normalized spacial score (nSPS) is 16.6. The highest BCUT2D eigenvalue weighted by molar-refractivity contribution is 7.21. The lowest BCUT2D eigenvalue weighted by Gasteiger charge is -2.30. The highest BCUT2D eigenvalue weighted by Gasteiger charge is 2.25. The van der Waals surface area contributed by atoms with Crippen molar-refractivity contribution in [3.8, 4) is 0 Å². The van der Waals surface area contributed by atoms with Gasteiger partial charge in [0.15, 0.2) is 0 Å². The Labute approximate surface area is 135 Å². The van der Waals surface area contributed by atoms with E-state index in [1.54, 1.807) is 0 Å². The molecule has 0 spiro atoms. The molecule has 1 aliphatic heterocycles. The van der Waals surface area contributed by atoms with Gasteiger partial charge in [0.2, 0.25) is 0 Å². The van der Waals surface area contributed by atoms with Crippen LogP contribution in [-0.4, -0.2) is 28.9 Å². The van der Waals surface area contributed by atoms with E-state index in [2.05, 4.69) is 25.8 Å². The molecule has 0 bridgehead atoms. The van der Waals surface area contributed by atoms with E-state index in [0.29, 0.717) is 22.4 Å². The average molecular weight is 317 g/mol. The van der Waals surface area contributed by atoms with Gasteiger partial charge in [-0.05, 0) is 36.8 Å². The Hall–Kier alpha value is -1.62. The van der Waals surface area contributed by atoms with E-state index in [9.17, 15) is 4.79 Å². The fraction of sp³-hybridized carbons (Fsp3) is 0.529. The molecule has 1 saturated heterocycles. The van der Waals surface area contributed by atoms with Crippen LogP contribution in [-0.2, 0) is 0 Å². The number of anilines is 1. The summed E-state index contributed by atoms with van der Waals surface area (Å²) >= 11 is 1.43. The van der Waals surface area contributed by atoms with Crippen molar-refractivity contribution in [3.63, 3.8) is 0 Å². The van der Waals surface area contributed by atoms with Crippen LogP contribution >= 0.6 is 11.3 Å². The number of amides is 1. The molecule has 2 aromatic rings. The second-order valence-corrected chi connectivity index (χ2v) is 7.56. The van der Waals surface area contributed by atoms with E-state index in [0.717, 1.165) is 41.8 Å². The van der Waals surface area contributed by atoms with Gasteiger partial charge in [0.25, 0.3) is 5.91 Å². The lowest BCUT2D eigenvalue weighted by Crippen LogP contribution is -2.37. The zero-order valence-electron chi connectivity index (χ0n) is 13.4. The molecule has 0 radical (unpaired) electrons. The van der Waals surface area contributed by atoms with Crippen LogP contribution in [0.15, 0.2) is 12.1 Å². The summed E-state index contributed by atoms with van der Waals surface area (Å²) in [6, 6.07) is 4.01. The quantitative estimate of drug-likeness (QED) is 0.914. The Morgan fingerprint density at radius 3 is 2.68 bits per heavy atom. The van der Waals surface area contributed by atoms with Crippen LogP contribution < -0.4 is 5.73 Å². The van der Waals surface area contributed by atoms with Crippen molar-refractivity contribution in [2.75, 3.05) is 18.8 Å². The minimum Gasteiger partial charge on any atom is -0.397 e. The molecule has 0 aromatic carbocycles. The molecular weight excluding hydrogens is 294 g/mol. The number of nitrogen functional groups attached to an aromatic ring is 1. The highest BCUT2D eigenvalue weighted by Crippen LogP contribution is 2.35. The maximum Gasteiger partial charge on any atom is 0.266 e. The SMILES string of the molecule is CC1CCN(C(=O)c2sc3nc(C(C)C)ccc3c2N)CC1. The molecule has 2 N–H and O–H groups in total. The van der Waals surface area contributed by atoms with E-state index >= 15 is 0 Å². The van der Waals surface area contributed by atoms with Crippen molar-refractivity contribution in [1.82, 2.24) is 9.88 Å². The van der Waals surface area contributed by atoms with Crippen molar-refractivity contribution >= 4 is 33.1 Å². The summed E-state index contributed by atoms with van der Waals surface area (Å²) in [7, 11) is 0. The van der Waals surface area contributed by atoms with Crippen LogP contribution in [0.4, 0.5) is 5.69 Å². The van der Waals surface area contributed by atoms with Crippen LogP contribution in [0.1, 0.15) is 54.9 Å². The molecule has 0 unspecified atom stereocenters. The molecule has 1 amide bonds. The molecule has 5 heteroatoms. The van der Waals surface area contributed by atoms with Gasteiger partial charge in [0.05, 0.1) is 5.69 Å². The van der Waals surface area contributed by atoms with Gasteiger partial charge < -0.3 is 10.6 Å². The number of carbonyl (C=O) groups is 1. The van der Waals surface area contributed by atoms with Crippen molar-refractivity contribution in [3.05, 3.63) is 22.7 Å². The van der Waals surface area contributed by atoms with Gasteiger partial charge in [-0.2, -0.15) is 0 Å². The maximum atomic E-state index is 12.7. The summed E-state index contributed by atoms with van der Waals surface area (Å²) in [6.45, 7) is 8.14. The lowest BCUT2D eigenvalue weighted by atomic mass is 9.99. The average Bonchev–Trinajstić information content (AvgIpc) is 2.84. The first kappa shape index (κ1) is 15.3. The number of nitrogens with two attached hydrogens (primary N) is 1. The fourth-order valence-corrected chi connectivity index (χ4v) is 3.92. The van der Waals surface area contributed by atoms with Crippen LogP contribution in [0.5, 0.6) is 0 Å². The first-order chi connectivity index (χ1) is 10.5. The third-order valence-corrected chi connectivity index (χ3v) is 5.58. The zero-order valence-corrected chi connectivity index (χ0v) is 14.2. The minimum absolute atomic E-state index is 0.0681. The predicted molar refractivity (Wildman–Crippen MR) is 92.4 cm³/mol.